The average molecular weight is 364 g/mol. The van der Waals surface area contributed by atoms with Crippen LogP contribution in [0.4, 0.5) is 24.5 Å². The van der Waals surface area contributed by atoms with Gasteiger partial charge in [-0.15, -0.1) is 13.2 Å². The lowest BCUT2D eigenvalue weighted by atomic mass is 10.0. The number of fused-ring (bicyclic) bond motifs is 1. The molecule has 0 spiro atoms. The molecule has 0 saturated carbocycles. The van der Waals surface area contributed by atoms with E-state index in [0.717, 1.165) is 12.1 Å². The molecule has 1 atom stereocenters. The van der Waals surface area contributed by atoms with E-state index < -0.39 is 24.1 Å². The Kier molecular flexibility index (Phi) is 4.58. The second-order valence-electron chi connectivity index (χ2n) is 5.68. The fraction of sp³-hybridized carbons (Fsp3) is 0.222. The number of anilines is 2. The molecular formula is C18H15F3N2O3. The van der Waals surface area contributed by atoms with Gasteiger partial charge in [-0.25, -0.2) is 0 Å². The van der Waals surface area contributed by atoms with Crippen molar-refractivity contribution in [1.82, 2.24) is 0 Å². The average Bonchev–Trinajstić information content (AvgIpc) is 2.58. The van der Waals surface area contributed by atoms with E-state index in [-0.39, 0.29) is 11.5 Å². The van der Waals surface area contributed by atoms with E-state index in [1.54, 1.807) is 31.2 Å². The van der Waals surface area contributed by atoms with Gasteiger partial charge >= 0.3 is 6.36 Å². The largest absolute Gasteiger partial charge is 0.573 e. The monoisotopic (exact) mass is 364 g/mol. The molecular weight excluding hydrogens is 349 g/mol. The highest BCUT2D eigenvalue weighted by atomic mass is 19.4. The number of amides is 2. The van der Waals surface area contributed by atoms with Crippen LogP contribution in [0, 0.1) is 0 Å². The Hall–Kier alpha value is -3.03. The van der Waals surface area contributed by atoms with Gasteiger partial charge in [0.15, 0.2) is 0 Å². The van der Waals surface area contributed by atoms with Gasteiger partial charge in [0.1, 0.15) is 11.8 Å². The van der Waals surface area contributed by atoms with Gasteiger partial charge in [0.05, 0.1) is 11.4 Å². The lowest BCUT2D eigenvalue weighted by Crippen LogP contribution is -2.50. The number of nitrogens with zero attached hydrogens (tertiary/aromatic N) is 1. The predicted molar refractivity (Wildman–Crippen MR) is 89.1 cm³/mol. The summed E-state index contributed by atoms with van der Waals surface area (Å²) in [6.07, 6.45) is -4.50. The van der Waals surface area contributed by atoms with Gasteiger partial charge in [0, 0.05) is 5.56 Å². The summed E-state index contributed by atoms with van der Waals surface area (Å²) >= 11 is 0. The van der Waals surface area contributed by atoms with Crippen molar-refractivity contribution in [1.29, 1.82) is 0 Å². The second kappa shape index (κ2) is 6.70. The summed E-state index contributed by atoms with van der Waals surface area (Å²) in [7, 11) is 0. The summed E-state index contributed by atoms with van der Waals surface area (Å²) in [5.74, 6) is -1.42. The summed E-state index contributed by atoms with van der Waals surface area (Å²) in [5, 5.41) is 2.73. The standard InChI is InChI=1S/C18H15F3N2O3/c1-2-14-16(24)22-13-8-3-4-9-15(13)23(14)17(25)11-6-5-7-12(10-11)26-18(19,20)21/h3-10,14H,2H2,1H3,(H,22,24). The first-order valence-electron chi connectivity index (χ1n) is 7.89. The molecule has 136 valence electrons. The first-order chi connectivity index (χ1) is 12.3. The Balaban J connectivity index is 2.00. The van der Waals surface area contributed by atoms with E-state index in [2.05, 4.69) is 10.1 Å². The fourth-order valence-corrected chi connectivity index (χ4v) is 2.87. The number of rotatable bonds is 3. The summed E-state index contributed by atoms with van der Waals surface area (Å²) < 4.78 is 41.1. The molecule has 2 aromatic rings. The zero-order valence-corrected chi connectivity index (χ0v) is 13.7. The predicted octanol–water partition coefficient (Wildman–Crippen LogP) is 3.96. The molecule has 0 aliphatic carbocycles. The van der Waals surface area contributed by atoms with Gasteiger partial charge in [-0.05, 0) is 36.8 Å². The van der Waals surface area contributed by atoms with Gasteiger partial charge in [-0.3, -0.25) is 14.5 Å². The molecule has 0 bridgehead atoms. The molecule has 2 amide bonds. The Morgan fingerprint density at radius 3 is 2.62 bits per heavy atom. The Bertz CT molecular complexity index is 852. The van der Waals surface area contributed by atoms with Crippen molar-refractivity contribution in [2.24, 2.45) is 0 Å². The third kappa shape index (κ3) is 3.49. The second-order valence-corrected chi connectivity index (χ2v) is 5.68. The van der Waals surface area contributed by atoms with Crippen LogP contribution in [0.25, 0.3) is 0 Å². The Morgan fingerprint density at radius 1 is 1.19 bits per heavy atom. The van der Waals surface area contributed by atoms with Crippen LogP contribution in [0.1, 0.15) is 23.7 Å². The Morgan fingerprint density at radius 2 is 1.92 bits per heavy atom. The zero-order chi connectivity index (χ0) is 18.9. The van der Waals surface area contributed by atoms with Crippen LogP contribution >= 0.6 is 0 Å². The number of hydrogen-bond acceptors (Lipinski definition) is 3. The molecule has 0 fully saturated rings. The van der Waals surface area contributed by atoms with Crippen molar-refractivity contribution in [2.45, 2.75) is 25.7 Å². The van der Waals surface area contributed by atoms with Crippen LogP contribution in [0.15, 0.2) is 48.5 Å². The van der Waals surface area contributed by atoms with Gasteiger partial charge < -0.3 is 10.1 Å². The molecule has 8 heteroatoms. The molecule has 1 heterocycles. The van der Waals surface area contributed by atoms with Crippen molar-refractivity contribution in [3.63, 3.8) is 0 Å². The number of ether oxygens (including phenoxy) is 1. The number of carbonyl (C=O) groups is 2. The van der Waals surface area contributed by atoms with Crippen molar-refractivity contribution < 1.29 is 27.5 Å². The quantitative estimate of drug-likeness (QED) is 0.897. The van der Waals surface area contributed by atoms with Gasteiger partial charge in [-0.1, -0.05) is 25.1 Å². The molecule has 1 aliphatic heterocycles. The SMILES string of the molecule is CCC1C(=O)Nc2ccccc2N1C(=O)c1cccc(OC(F)(F)F)c1. The minimum atomic E-state index is -4.86. The minimum absolute atomic E-state index is 0.00490. The van der Waals surface area contributed by atoms with E-state index in [0.29, 0.717) is 17.8 Å². The van der Waals surface area contributed by atoms with Crippen molar-refractivity contribution >= 4 is 23.2 Å². The molecule has 2 aromatic carbocycles. The molecule has 1 unspecified atom stereocenters. The zero-order valence-electron chi connectivity index (χ0n) is 13.7. The van der Waals surface area contributed by atoms with Crippen LogP contribution in [0.3, 0.4) is 0 Å². The molecule has 0 radical (unpaired) electrons. The number of nitrogens with one attached hydrogen (secondary N) is 1. The van der Waals surface area contributed by atoms with Crippen LogP contribution in [0.2, 0.25) is 0 Å². The number of para-hydroxylation sites is 2. The van der Waals surface area contributed by atoms with Crippen LogP contribution in [-0.2, 0) is 4.79 Å². The van der Waals surface area contributed by atoms with E-state index in [1.165, 1.54) is 17.0 Å². The molecule has 1 N–H and O–H groups in total. The van der Waals surface area contributed by atoms with E-state index in [1.807, 2.05) is 0 Å². The number of halogens is 3. The first-order valence-corrected chi connectivity index (χ1v) is 7.89. The topological polar surface area (TPSA) is 58.6 Å². The number of hydrogen-bond donors (Lipinski definition) is 1. The molecule has 3 rings (SSSR count). The number of benzene rings is 2. The van der Waals surface area contributed by atoms with Gasteiger partial charge in [-0.2, -0.15) is 0 Å². The highest BCUT2D eigenvalue weighted by molar-refractivity contribution is 6.16. The highest BCUT2D eigenvalue weighted by Crippen LogP contribution is 2.34. The maximum absolute atomic E-state index is 13.0. The highest BCUT2D eigenvalue weighted by Gasteiger charge is 2.36. The maximum atomic E-state index is 13.0. The molecule has 5 nitrogen and oxygen atoms in total. The number of alkyl halides is 3. The third-order valence-electron chi connectivity index (χ3n) is 3.96. The van der Waals surface area contributed by atoms with Crippen LogP contribution in [-0.4, -0.2) is 24.2 Å². The van der Waals surface area contributed by atoms with Gasteiger partial charge in [0.25, 0.3) is 5.91 Å². The van der Waals surface area contributed by atoms with Crippen LogP contribution < -0.4 is 15.0 Å². The van der Waals surface area contributed by atoms with Crippen LogP contribution in [0.5, 0.6) is 5.75 Å². The van der Waals surface area contributed by atoms with Crippen molar-refractivity contribution in [3.05, 3.63) is 54.1 Å². The van der Waals surface area contributed by atoms with Crippen molar-refractivity contribution in [2.75, 3.05) is 10.2 Å². The third-order valence-corrected chi connectivity index (χ3v) is 3.96. The summed E-state index contributed by atoms with van der Waals surface area (Å²) in [5.41, 5.74) is 0.957. The van der Waals surface area contributed by atoms with Crippen molar-refractivity contribution in [3.8, 4) is 5.75 Å². The first kappa shape index (κ1) is 17.8. The lowest BCUT2D eigenvalue weighted by molar-refractivity contribution is -0.274. The minimum Gasteiger partial charge on any atom is -0.406 e. The van der Waals surface area contributed by atoms with Gasteiger partial charge in [0.2, 0.25) is 5.91 Å². The fourth-order valence-electron chi connectivity index (χ4n) is 2.87. The Labute approximate surface area is 147 Å². The summed E-state index contributed by atoms with van der Waals surface area (Å²) in [4.78, 5) is 26.6. The molecule has 0 aromatic heterocycles. The smallest absolute Gasteiger partial charge is 0.406 e. The summed E-state index contributed by atoms with van der Waals surface area (Å²) in [6.45, 7) is 1.75. The number of carbonyl (C=O) groups excluding carboxylic acids is 2. The normalized spacial score (nSPS) is 16.7. The van der Waals surface area contributed by atoms with E-state index >= 15 is 0 Å². The molecule has 26 heavy (non-hydrogen) atoms. The van der Waals surface area contributed by atoms with E-state index in [9.17, 15) is 22.8 Å². The molecule has 0 saturated heterocycles. The maximum Gasteiger partial charge on any atom is 0.573 e. The summed E-state index contributed by atoms with van der Waals surface area (Å²) in [6, 6.07) is 10.8. The molecule has 1 aliphatic rings. The lowest BCUT2D eigenvalue weighted by Gasteiger charge is -2.36. The van der Waals surface area contributed by atoms with E-state index in [4.69, 9.17) is 0 Å².